The predicted molar refractivity (Wildman–Crippen MR) is 148 cm³/mol. The molecule has 1 aliphatic heterocycles. The molecule has 38 heavy (non-hydrogen) atoms. The lowest BCUT2D eigenvalue weighted by Gasteiger charge is -2.31. The summed E-state index contributed by atoms with van der Waals surface area (Å²) in [5, 5.41) is 10.2. The van der Waals surface area contributed by atoms with E-state index in [0.717, 1.165) is 23.7 Å². The maximum Gasteiger partial charge on any atom is 0.407 e. The van der Waals surface area contributed by atoms with Crippen molar-refractivity contribution in [2.45, 2.75) is 58.2 Å². The van der Waals surface area contributed by atoms with Crippen molar-refractivity contribution in [2.24, 2.45) is 0 Å². The zero-order valence-electron chi connectivity index (χ0n) is 23.0. The van der Waals surface area contributed by atoms with Crippen molar-refractivity contribution >= 4 is 31.1 Å². The molecule has 3 aromatic heterocycles. The summed E-state index contributed by atoms with van der Waals surface area (Å²) < 4.78 is 14.0. The highest BCUT2D eigenvalue weighted by atomic mass is 28.3. The van der Waals surface area contributed by atoms with Crippen LogP contribution in [-0.4, -0.2) is 76.8 Å². The zero-order valence-corrected chi connectivity index (χ0v) is 24.0. The largest absolute Gasteiger partial charge is 0.465 e. The molecule has 11 heteroatoms. The lowest BCUT2D eigenvalue weighted by atomic mass is 9.93. The van der Waals surface area contributed by atoms with E-state index < -0.39 is 14.2 Å². The molecule has 0 bridgehead atoms. The van der Waals surface area contributed by atoms with Gasteiger partial charge in [0.2, 0.25) is 0 Å². The number of hydrogen-bond donors (Lipinski definition) is 1. The first-order valence-corrected chi connectivity index (χ1v) is 16.6. The third-order valence-electron chi connectivity index (χ3n) is 6.75. The summed E-state index contributed by atoms with van der Waals surface area (Å²) in [6.07, 6.45) is 3.17. The molecule has 1 aliphatic rings. The lowest BCUT2D eigenvalue weighted by Crippen LogP contribution is -2.37. The van der Waals surface area contributed by atoms with Gasteiger partial charge in [0.25, 0.3) is 5.91 Å². The molecule has 0 aromatic carbocycles. The Morgan fingerprint density at radius 2 is 1.97 bits per heavy atom. The minimum Gasteiger partial charge on any atom is -0.465 e. The highest BCUT2D eigenvalue weighted by Gasteiger charge is 2.29. The van der Waals surface area contributed by atoms with Gasteiger partial charge in [0.05, 0.1) is 23.8 Å². The first-order chi connectivity index (χ1) is 18.0. The maximum atomic E-state index is 13.0. The van der Waals surface area contributed by atoms with Crippen molar-refractivity contribution in [1.29, 1.82) is 0 Å². The number of ether oxygens (including phenoxy) is 2. The van der Waals surface area contributed by atoms with Gasteiger partial charge in [-0.25, -0.2) is 9.78 Å². The fraction of sp³-hybridized carbons (Fsp3) is 0.481. The van der Waals surface area contributed by atoms with Crippen LogP contribution in [0.4, 0.5) is 4.79 Å². The van der Waals surface area contributed by atoms with Crippen LogP contribution in [0.5, 0.6) is 11.5 Å². The smallest absolute Gasteiger partial charge is 0.407 e. The van der Waals surface area contributed by atoms with E-state index in [4.69, 9.17) is 9.47 Å². The number of hydrogen-bond acceptors (Lipinski definition) is 6. The molecule has 0 aliphatic carbocycles. The molecule has 10 nitrogen and oxygen atoms in total. The Morgan fingerprint density at radius 1 is 1.21 bits per heavy atom. The van der Waals surface area contributed by atoms with Gasteiger partial charge < -0.3 is 24.4 Å². The van der Waals surface area contributed by atoms with Gasteiger partial charge in [-0.2, -0.15) is 0 Å². The standard InChI is InChI=1S/C27H37N5O5Si/c1-7-18-15-31(27(34)35)16-19-12-20(14-29-24(18)19)37-23-8-9-28-25-21(23)13-22(26(33)30(2)3)32(25)17-36-10-11-38(4,5)6/h8-9,12-14,18H,7,10-11,15-17H2,1-6H3,(H,34,35)/t18-/m0/s1. The molecule has 1 N–H and O–H groups in total. The maximum absolute atomic E-state index is 13.0. The Kier molecular flexibility index (Phi) is 8.07. The fourth-order valence-corrected chi connectivity index (χ4v) is 5.31. The van der Waals surface area contributed by atoms with E-state index in [-0.39, 0.29) is 25.1 Å². The van der Waals surface area contributed by atoms with Crippen LogP contribution in [0.15, 0.2) is 30.6 Å². The Labute approximate surface area is 224 Å². The highest BCUT2D eigenvalue weighted by molar-refractivity contribution is 6.76. The quantitative estimate of drug-likeness (QED) is 0.293. The van der Waals surface area contributed by atoms with Crippen LogP contribution in [0, 0.1) is 0 Å². The fourth-order valence-electron chi connectivity index (χ4n) is 4.55. The molecule has 0 saturated heterocycles. The molecule has 0 unspecified atom stereocenters. The predicted octanol–water partition coefficient (Wildman–Crippen LogP) is 5.22. The van der Waals surface area contributed by atoms with Crippen molar-refractivity contribution in [1.82, 2.24) is 24.3 Å². The Hall–Kier alpha value is -3.44. The third kappa shape index (κ3) is 5.99. The second kappa shape index (κ2) is 11.1. The normalized spacial score (nSPS) is 15.4. The van der Waals surface area contributed by atoms with Gasteiger partial charge in [-0.05, 0) is 36.2 Å². The van der Waals surface area contributed by atoms with E-state index in [9.17, 15) is 14.7 Å². The van der Waals surface area contributed by atoms with E-state index in [2.05, 4.69) is 29.6 Å². The lowest BCUT2D eigenvalue weighted by molar-refractivity contribution is 0.0734. The molecular weight excluding hydrogens is 502 g/mol. The number of carbonyl (C=O) groups excluding carboxylic acids is 1. The minimum atomic E-state index is -1.25. The summed E-state index contributed by atoms with van der Waals surface area (Å²) in [6, 6.07) is 6.41. The van der Waals surface area contributed by atoms with Crippen LogP contribution in [0.1, 0.15) is 41.0 Å². The van der Waals surface area contributed by atoms with Crippen molar-refractivity contribution in [3.63, 3.8) is 0 Å². The molecule has 0 fully saturated rings. The zero-order chi connectivity index (χ0) is 27.6. The first kappa shape index (κ1) is 27.6. The van der Waals surface area contributed by atoms with E-state index in [1.807, 2.05) is 13.0 Å². The Balaban J connectivity index is 1.66. The molecule has 0 radical (unpaired) electrons. The van der Waals surface area contributed by atoms with Crippen LogP contribution >= 0.6 is 0 Å². The first-order valence-electron chi connectivity index (χ1n) is 12.9. The molecule has 4 rings (SSSR count). The van der Waals surface area contributed by atoms with Crippen LogP contribution in [-0.2, 0) is 18.0 Å². The van der Waals surface area contributed by atoms with Crippen molar-refractivity contribution in [3.8, 4) is 11.5 Å². The number of nitrogens with zero attached hydrogens (tertiary/aromatic N) is 5. The van der Waals surface area contributed by atoms with Crippen molar-refractivity contribution < 1.29 is 24.2 Å². The van der Waals surface area contributed by atoms with Gasteiger partial charge in [-0.1, -0.05) is 26.6 Å². The van der Waals surface area contributed by atoms with Crippen molar-refractivity contribution in [2.75, 3.05) is 27.2 Å². The molecule has 0 saturated carbocycles. The van der Waals surface area contributed by atoms with Crippen LogP contribution < -0.4 is 4.74 Å². The number of aromatic nitrogens is 3. The second-order valence-corrected chi connectivity index (χ2v) is 16.8. The summed E-state index contributed by atoms with van der Waals surface area (Å²) in [6.45, 7) is 10.5. The highest BCUT2D eigenvalue weighted by Crippen LogP contribution is 2.35. The number of amides is 2. The van der Waals surface area contributed by atoms with Gasteiger partial charge in [-0.15, -0.1) is 0 Å². The van der Waals surface area contributed by atoms with Gasteiger partial charge in [0.15, 0.2) is 0 Å². The Bertz CT molecular complexity index is 1330. The molecule has 2 amide bonds. The number of rotatable bonds is 9. The van der Waals surface area contributed by atoms with E-state index in [0.29, 0.717) is 41.4 Å². The van der Waals surface area contributed by atoms with Gasteiger partial charge in [-0.3, -0.25) is 14.3 Å². The average Bonchev–Trinajstić information content (AvgIpc) is 3.24. The summed E-state index contributed by atoms with van der Waals surface area (Å²) in [7, 11) is 2.17. The van der Waals surface area contributed by atoms with Gasteiger partial charge in [0, 0.05) is 47.4 Å². The van der Waals surface area contributed by atoms with Gasteiger partial charge in [0.1, 0.15) is 29.6 Å². The monoisotopic (exact) mass is 539 g/mol. The van der Waals surface area contributed by atoms with Crippen LogP contribution in [0.3, 0.4) is 0 Å². The van der Waals surface area contributed by atoms with E-state index >= 15 is 0 Å². The third-order valence-corrected chi connectivity index (χ3v) is 8.46. The summed E-state index contributed by atoms with van der Waals surface area (Å²) in [5.41, 5.74) is 2.81. The van der Waals surface area contributed by atoms with Crippen LogP contribution in [0.25, 0.3) is 11.0 Å². The number of fused-ring (bicyclic) bond motifs is 2. The topological polar surface area (TPSA) is 110 Å². The van der Waals surface area contributed by atoms with E-state index in [1.165, 1.54) is 9.80 Å². The van der Waals surface area contributed by atoms with Crippen molar-refractivity contribution in [3.05, 3.63) is 47.5 Å². The minimum absolute atomic E-state index is 0.0473. The number of carbonyl (C=O) groups is 2. The molecule has 204 valence electrons. The van der Waals surface area contributed by atoms with Crippen LogP contribution in [0.2, 0.25) is 25.7 Å². The molecule has 3 aromatic rings. The molecule has 0 spiro atoms. The SMILES string of the molecule is CC[C@H]1CN(C(=O)O)Cc2cc(Oc3ccnc4c3cc(C(=O)N(C)C)n4COCC[Si](C)(C)C)cnc21. The summed E-state index contributed by atoms with van der Waals surface area (Å²) in [5.74, 6) is 0.921. The summed E-state index contributed by atoms with van der Waals surface area (Å²) >= 11 is 0. The molecule has 4 heterocycles. The van der Waals surface area contributed by atoms with Gasteiger partial charge >= 0.3 is 6.09 Å². The molecule has 1 atom stereocenters. The van der Waals surface area contributed by atoms with E-state index in [1.54, 1.807) is 43.2 Å². The number of carboxylic acid groups (broad SMARTS) is 1. The summed E-state index contributed by atoms with van der Waals surface area (Å²) in [4.78, 5) is 36.8. The number of pyridine rings is 2. The Morgan fingerprint density at radius 3 is 2.63 bits per heavy atom. The average molecular weight is 540 g/mol. The second-order valence-electron chi connectivity index (χ2n) is 11.1. The molecular formula is C27H37N5O5Si.